The molecule has 0 spiro atoms. The molecular weight excluding hydrogens is 278 g/mol. The van der Waals surface area contributed by atoms with Gasteiger partial charge < -0.3 is 10.1 Å². The molecule has 1 heterocycles. The van der Waals surface area contributed by atoms with E-state index in [9.17, 15) is 4.79 Å². The molecule has 0 fully saturated rings. The highest BCUT2D eigenvalue weighted by atomic mass is 16.5. The molecule has 22 heavy (non-hydrogen) atoms. The average molecular weight is 293 g/mol. The van der Waals surface area contributed by atoms with Gasteiger partial charge in [-0.25, -0.2) is 9.97 Å². The lowest BCUT2D eigenvalue weighted by molar-refractivity contribution is 0.102. The van der Waals surface area contributed by atoms with E-state index in [1.165, 1.54) is 0 Å². The van der Waals surface area contributed by atoms with Crippen molar-refractivity contribution in [3.05, 3.63) is 59.9 Å². The lowest BCUT2D eigenvalue weighted by Crippen LogP contribution is -2.16. The summed E-state index contributed by atoms with van der Waals surface area (Å²) < 4.78 is 5.14. The van der Waals surface area contributed by atoms with E-state index >= 15 is 0 Å². The number of nitrogens with zero attached hydrogens (tertiary/aromatic N) is 2. The van der Waals surface area contributed by atoms with Crippen molar-refractivity contribution in [1.82, 2.24) is 9.97 Å². The zero-order valence-electron chi connectivity index (χ0n) is 12.3. The van der Waals surface area contributed by atoms with Crippen LogP contribution in [0.4, 0.5) is 5.69 Å². The van der Waals surface area contributed by atoms with Crippen LogP contribution in [-0.2, 0) is 0 Å². The van der Waals surface area contributed by atoms with Gasteiger partial charge in [0, 0.05) is 11.8 Å². The number of carbonyl (C=O) groups is 1. The monoisotopic (exact) mass is 293 g/mol. The van der Waals surface area contributed by atoms with Crippen LogP contribution in [0, 0.1) is 6.92 Å². The van der Waals surface area contributed by atoms with Gasteiger partial charge in [0.2, 0.25) is 0 Å². The molecule has 0 saturated heterocycles. The molecule has 1 N–H and O–H groups in total. The molecule has 0 bridgehead atoms. The van der Waals surface area contributed by atoms with E-state index in [1.807, 2.05) is 36.4 Å². The van der Waals surface area contributed by atoms with Gasteiger partial charge >= 0.3 is 0 Å². The van der Waals surface area contributed by atoms with Gasteiger partial charge in [-0.15, -0.1) is 0 Å². The summed E-state index contributed by atoms with van der Waals surface area (Å²) in [4.78, 5) is 21.3. The van der Waals surface area contributed by atoms with Crippen LogP contribution < -0.4 is 10.1 Å². The molecule has 1 aromatic heterocycles. The summed E-state index contributed by atoms with van der Waals surface area (Å²) in [6.07, 6.45) is 0. The summed E-state index contributed by atoms with van der Waals surface area (Å²) in [5, 5.41) is 2.82. The van der Waals surface area contributed by atoms with Crippen LogP contribution in [0.15, 0.2) is 48.5 Å². The van der Waals surface area contributed by atoms with Crippen molar-refractivity contribution in [2.75, 3.05) is 12.4 Å². The second-order valence-electron chi connectivity index (χ2n) is 4.83. The molecule has 0 atom stereocenters. The van der Waals surface area contributed by atoms with Gasteiger partial charge in [-0.05, 0) is 31.2 Å². The number of anilines is 1. The number of aryl methyl sites for hydroxylation is 1. The van der Waals surface area contributed by atoms with Crippen LogP contribution in [0.25, 0.3) is 11.0 Å². The number of benzene rings is 2. The largest absolute Gasteiger partial charge is 0.497 e. The zero-order chi connectivity index (χ0) is 15.5. The van der Waals surface area contributed by atoms with Crippen LogP contribution in [0.5, 0.6) is 5.75 Å². The number of hydrogen-bond donors (Lipinski definition) is 1. The quantitative estimate of drug-likeness (QED) is 0.805. The second kappa shape index (κ2) is 5.81. The lowest BCUT2D eigenvalue weighted by atomic mass is 10.2. The highest BCUT2D eigenvalue weighted by Gasteiger charge is 2.14. The summed E-state index contributed by atoms with van der Waals surface area (Å²) in [6, 6.07) is 14.7. The molecular formula is C17H15N3O2. The van der Waals surface area contributed by atoms with Gasteiger partial charge in [-0.1, -0.05) is 18.2 Å². The van der Waals surface area contributed by atoms with Gasteiger partial charge in [0.25, 0.3) is 5.91 Å². The molecule has 0 aliphatic heterocycles. The van der Waals surface area contributed by atoms with Crippen LogP contribution in [-0.4, -0.2) is 23.0 Å². The average Bonchev–Trinajstić information content (AvgIpc) is 2.54. The Balaban J connectivity index is 1.92. The number of amides is 1. The highest BCUT2D eigenvalue weighted by molar-refractivity contribution is 6.04. The van der Waals surface area contributed by atoms with E-state index in [1.54, 1.807) is 26.2 Å². The predicted molar refractivity (Wildman–Crippen MR) is 85.2 cm³/mol. The molecule has 110 valence electrons. The Kier molecular flexibility index (Phi) is 3.70. The molecule has 3 aromatic rings. The van der Waals surface area contributed by atoms with Gasteiger partial charge in [-0.2, -0.15) is 0 Å². The van der Waals surface area contributed by atoms with Gasteiger partial charge in [0.15, 0.2) is 0 Å². The third-order valence-electron chi connectivity index (χ3n) is 3.29. The van der Waals surface area contributed by atoms with Crippen LogP contribution in [0.2, 0.25) is 0 Å². The van der Waals surface area contributed by atoms with Crippen molar-refractivity contribution in [2.24, 2.45) is 0 Å². The van der Waals surface area contributed by atoms with Crippen LogP contribution in [0.3, 0.4) is 0 Å². The SMILES string of the molecule is COc1cccc(NC(=O)c2nc3ccccc3nc2C)c1. The molecule has 0 aliphatic carbocycles. The molecule has 1 amide bonds. The van der Waals surface area contributed by atoms with E-state index in [4.69, 9.17) is 4.74 Å². The van der Waals surface area contributed by atoms with E-state index in [0.717, 1.165) is 5.52 Å². The summed E-state index contributed by atoms with van der Waals surface area (Å²) in [5.74, 6) is 0.392. The summed E-state index contributed by atoms with van der Waals surface area (Å²) in [6.45, 7) is 1.78. The summed E-state index contributed by atoms with van der Waals surface area (Å²) in [7, 11) is 1.58. The summed E-state index contributed by atoms with van der Waals surface area (Å²) in [5.41, 5.74) is 3.04. The van der Waals surface area contributed by atoms with Crippen LogP contribution >= 0.6 is 0 Å². The predicted octanol–water partition coefficient (Wildman–Crippen LogP) is 3.20. The van der Waals surface area contributed by atoms with Crippen molar-refractivity contribution < 1.29 is 9.53 Å². The number of fused-ring (bicyclic) bond motifs is 1. The Hall–Kier alpha value is -2.95. The van der Waals surface area contributed by atoms with E-state index in [-0.39, 0.29) is 5.91 Å². The zero-order valence-corrected chi connectivity index (χ0v) is 12.3. The first-order valence-electron chi connectivity index (χ1n) is 6.86. The minimum atomic E-state index is -0.288. The standard InChI is InChI=1S/C17H15N3O2/c1-11-16(20-15-9-4-3-8-14(15)18-11)17(21)19-12-6-5-7-13(10-12)22-2/h3-10H,1-2H3,(H,19,21). The Morgan fingerprint density at radius 1 is 1.05 bits per heavy atom. The minimum absolute atomic E-state index is 0.288. The number of aromatic nitrogens is 2. The first-order valence-corrected chi connectivity index (χ1v) is 6.86. The Labute approximate surface area is 128 Å². The second-order valence-corrected chi connectivity index (χ2v) is 4.83. The van der Waals surface area contributed by atoms with E-state index in [2.05, 4.69) is 15.3 Å². The Morgan fingerprint density at radius 2 is 1.77 bits per heavy atom. The first-order chi connectivity index (χ1) is 10.7. The van der Waals surface area contributed by atoms with E-state index in [0.29, 0.717) is 28.3 Å². The van der Waals surface area contributed by atoms with Crippen LogP contribution in [0.1, 0.15) is 16.2 Å². The Bertz CT molecular complexity index is 846. The fourth-order valence-corrected chi connectivity index (χ4v) is 2.19. The lowest BCUT2D eigenvalue weighted by Gasteiger charge is -2.09. The third kappa shape index (κ3) is 2.74. The molecule has 5 heteroatoms. The van der Waals surface area contributed by atoms with Crippen molar-refractivity contribution >= 4 is 22.6 Å². The molecule has 5 nitrogen and oxygen atoms in total. The maximum atomic E-state index is 12.4. The maximum Gasteiger partial charge on any atom is 0.276 e. The maximum absolute atomic E-state index is 12.4. The third-order valence-corrected chi connectivity index (χ3v) is 3.29. The molecule has 2 aromatic carbocycles. The molecule has 0 aliphatic rings. The molecule has 0 radical (unpaired) electrons. The minimum Gasteiger partial charge on any atom is -0.497 e. The fraction of sp³-hybridized carbons (Fsp3) is 0.118. The summed E-state index contributed by atoms with van der Waals surface area (Å²) >= 11 is 0. The number of hydrogen-bond acceptors (Lipinski definition) is 4. The van der Waals surface area contributed by atoms with Gasteiger partial charge in [0.1, 0.15) is 11.4 Å². The molecule has 0 unspecified atom stereocenters. The highest BCUT2D eigenvalue weighted by Crippen LogP contribution is 2.18. The number of ether oxygens (including phenoxy) is 1. The number of carbonyl (C=O) groups excluding carboxylic acids is 1. The van der Waals surface area contributed by atoms with Crippen molar-refractivity contribution in [3.8, 4) is 5.75 Å². The molecule has 0 saturated carbocycles. The molecule has 3 rings (SSSR count). The Morgan fingerprint density at radius 3 is 2.50 bits per heavy atom. The van der Waals surface area contributed by atoms with Crippen molar-refractivity contribution in [2.45, 2.75) is 6.92 Å². The first kappa shape index (κ1) is 14.0. The fourth-order valence-electron chi connectivity index (χ4n) is 2.19. The topological polar surface area (TPSA) is 64.1 Å². The van der Waals surface area contributed by atoms with Crippen molar-refractivity contribution in [3.63, 3.8) is 0 Å². The number of nitrogens with one attached hydrogen (secondary N) is 1. The number of para-hydroxylation sites is 2. The normalized spacial score (nSPS) is 10.5. The van der Waals surface area contributed by atoms with Crippen molar-refractivity contribution in [1.29, 1.82) is 0 Å². The number of rotatable bonds is 3. The smallest absolute Gasteiger partial charge is 0.276 e. The number of methoxy groups -OCH3 is 1. The van der Waals surface area contributed by atoms with E-state index < -0.39 is 0 Å². The van der Waals surface area contributed by atoms with Gasteiger partial charge in [-0.3, -0.25) is 4.79 Å². The van der Waals surface area contributed by atoms with Gasteiger partial charge in [0.05, 0.1) is 23.8 Å².